The number of hydrogen-bond acceptors (Lipinski definition) is 4. The van der Waals surface area contributed by atoms with Crippen LogP contribution in [0.4, 0.5) is 5.69 Å². The van der Waals surface area contributed by atoms with Gasteiger partial charge in [-0.05, 0) is 54.3 Å². The van der Waals surface area contributed by atoms with Crippen LogP contribution in [0.3, 0.4) is 0 Å². The fourth-order valence-corrected chi connectivity index (χ4v) is 4.43. The van der Waals surface area contributed by atoms with E-state index < -0.39 is 9.84 Å². The summed E-state index contributed by atoms with van der Waals surface area (Å²) in [6.07, 6.45) is 1.59. The number of methoxy groups -OCH3 is 1. The summed E-state index contributed by atoms with van der Waals surface area (Å²) in [6, 6.07) is 12.3. The molecule has 126 valence electrons. The summed E-state index contributed by atoms with van der Waals surface area (Å²) in [5, 5.41) is 2.83. The van der Waals surface area contributed by atoms with Crippen molar-refractivity contribution in [2.75, 3.05) is 18.2 Å². The normalized spacial score (nSPS) is 15.4. The first-order valence-corrected chi connectivity index (χ1v) is 9.41. The lowest BCUT2D eigenvalue weighted by atomic mass is 10.1. The van der Waals surface area contributed by atoms with E-state index in [1.54, 1.807) is 25.3 Å². The van der Waals surface area contributed by atoms with Crippen LogP contribution in [0.2, 0.25) is 0 Å². The van der Waals surface area contributed by atoms with Crippen molar-refractivity contribution in [3.05, 3.63) is 53.6 Å². The third-order valence-corrected chi connectivity index (χ3v) is 5.96. The monoisotopic (exact) mass is 345 g/mol. The lowest BCUT2D eigenvalue weighted by Gasteiger charge is -2.17. The molecule has 0 spiro atoms. The van der Waals surface area contributed by atoms with Crippen molar-refractivity contribution in [3.63, 3.8) is 0 Å². The second kappa shape index (κ2) is 6.65. The topological polar surface area (TPSA) is 72.5 Å². The number of aryl methyl sites for hydroxylation is 1. The van der Waals surface area contributed by atoms with Crippen LogP contribution in [0.1, 0.15) is 17.5 Å². The highest BCUT2D eigenvalue weighted by atomic mass is 32.2. The second-order valence-corrected chi connectivity index (χ2v) is 7.90. The number of fused-ring (bicyclic) bond motifs is 1. The Morgan fingerprint density at radius 1 is 1.17 bits per heavy atom. The van der Waals surface area contributed by atoms with Gasteiger partial charge in [0.2, 0.25) is 5.91 Å². The van der Waals surface area contributed by atoms with E-state index in [1.807, 2.05) is 24.3 Å². The first kappa shape index (κ1) is 16.5. The average molecular weight is 345 g/mol. The highest BCUT2D eigenvalue weighted by Gasteiger charge is 2.23. The summed E-state index contributed by atoms with van der Waals surface area (Å²) in [4.78, 5) is 12.6. The molecule has 24 heavy (non-hydrogen) atoms. The number of nitrogens with one attached hydrogen (secondary N) is 1. The molecule has 0 aliphatic carbocycles. The number of carbonyl (C=O) groups excluding carboxylic acids is 1. The van der Waals surface area contributed by atoms with Crippen molar-refractivity contribution >= 4 is 21.4 Å². The summed E-state index contributed by atoms with van der Waals surface area (Å²) in [5.74, 6) is 0.803. The smallest absolute Gasteiger partial charge is 0.228 e. The zero-order valence-electron chi connectivity index (χ0n) is 13.4. The fraction of sp³-hybridized carbons (Fsp3) is 0.278. The molecular formula is C18H19NO4S. The van der Waals surface area contributed by atoms with Gasteiger partial charge in [0, 0.05) is 5.69 Å². The van der Waals surface area contributed by atoms with Crippen LogP contribution in [0.15, 0.2) is 47.4 Å². The van der Waals surface area contributed by atoms with Crippen molar-refractivity contribution in [1.29, 1.82) is 0 Å². The lowest BCUT2D eigenvalue weighted by Crippen LogP contribution is -2.18. The van der Waals surface area contributed by atoms with Gasteiger partial charge in [0.25, 0.3) is 0 Å². The molecule has 0 unspecified atom stereocenters. The van der Waals surface area contributed by atoms with E-state index in [-0.39, 0.29) is 18.1 Å². The predicted octanol–water partition coefficient (Wildman–Crippen LogP) is 2.60. The molecule has 0 atom stereocenters. The molecule has 0 fully saturated rings. The summed E-state index contributed by atoms with van der Waals surface area (Å²) < 4.78 is 29.1. The minimum Gasteiger partial charge on any atom is -0.497 e. The minimum absolute atomic E-state index is 0.140. The quantitative estimate of drug-likeness (QED) is 0.924. The van der Waals surface area contributed by atoms with Gasteiger partial charge in [-0.3, -0.25) is 4.79 Å². The molecule has 5 nitrogen and oxygen atoms in total. The first-order valence-electron chi connectivity index (χ1n) is 7.76. The summed E-state index contributed by atoms with van der Waals surface area (Å²) in [5.41, 5.74) is 2.29. The lowest BCUT2D eigenvalue weighted by molar-refractivity contribution is -0.115. The molecule has 2 aromatic rings. The van der Waals surface area contributed by atoms with Gasteiger partial charge in [0.05, 0.1) is 24.2 Å². The van der Waals surface area contributed by atoms with E-state index in [0.717, 1.165) is 23.3 Å². The fourth-order valence-electron chi connectivity index (χ4n) is 2.85. The Bertz CT molecular complexity index is 857. The molecule has 3 rings (SSSR count). The maximum Gasteiger partial charge on any atom is 0.228 e. The summed E-state index contributed by atoms with van der Waals surface area (Å²) >= 11 is 0. The van der Waals surface area contributed by atoms with Crippen molar-refractivity contribution in [1.82, 2.24) is 0 Å². The number of benzene rings is 2. The number of anilines is 1. The molecule has 1 aliphatic heterocycles. The standard InChI is InChI=1S/C18H19NO4S/c1-23-16-7-4-13(5-8-16)11-18(20)19-15-6-9-17-14(12-15)3-2-10-24(17,21)22/h4-9,12H,2-3,10-11H2,1H3,(H,19,20). The molecule has 0 aromatic heterocycles. The van der Waals surface area contributed by atoms with Crippen LogP contribution in [0.25, 0.3) is 0 Å². The molecule has 1 heterocycles. The predicted molar refractivity (Wildman–Crippen MR) is 92.1 cm³/mol. The van der Waals surface area contributed by atoms with Gasteiger partial charge in [-0.25, -0.2) is 8.42 Å². The van der Waals surface area contributed by atoms with Gasteiger partial charge >= 0.3 is 0 Å². The van der Waals surface area contributed by atoms with Crippen LogP contribution in [0, 0.1) is 0 Å². The molecule has 2 aromatic carbocycles. The first-order chi connectivity index (χ1) is 11.5. The van der Waals surface area contributed by atoms with E-state index >= 15 is 0 Å². The molecular weight excluding hydrogens is 326 g/mol. The molecule has 0 bridgehead atoms. The highest BCUT2D eigenvalue weighted by Crippen LogP contribution is 2.27. The molecule has 1 aliphatic rings. The van der Waals surface area contributed by atoms with E-state index in [2.05, 4.69) is 5.32 Å². The van der Waals surface area contributed by atoms with Crippen molar-refractivity contribution in [3.8, 4) is 5.75 Å². The molecule has 1 N–H and O–H groups in total. The largest absolute Gasteiger partial charge is 0.497 e. The van der Waals surface area contributed by atoms with E-state index in [9.17, 15) is 13.2 Å². The number of amides is 1. The maximum absolute atomic E-state index is 12.2. The number of hydrogen-bond donors (Lipinski definition) is 1. The van der Waals surface area contributed by atoms with Crippen LogP contribution in [-0.4, -0.2) is 27.2 Å². The maximum atomic E-state index is 12.2. The molecule has 6 heteroatoms. The van der Waals surface area contributed by atoms with Gasteiger partial charge in [-0.1, -0.05) is 12.1 Å². The third kappa shape index (κ3) is 3.59. The van der Waals surface area contributed by atoms with Crippen LogP contribution in [0.5, 0.6) is 5.75 Å². The van der Waals surface area contributed by atoms with Gasteiger partial charge in [0.1, 0.15) is 5.75 Å². The molecule has 1 amide bonds. The zero-order chi connectivity index (χ0) is 17.2. The van der Waals surface area contributed by atoms with Gasteiger partial charge in [-0.15, -0.1) is 0 Å². The number of ether oxygens (including phenoxy) is 1. The average Bonchev–Trinajstić information content (AvgIpc) is 2.55. The van der Waals surface area contributed by atoms with Crippen molar-refractivity contribution in [2.24, 2.45) is 0 Å². The Labute approximate surface area is 141 Å². The number of sulfone groups is 1. The van der Waals surface area contributed by atoms with Gasteiger partial charge in [-0.2, -0.15) is 0 Å². The Hall–Kier alpha value is -2.34. The minimum atomic E-state index is -3.17. The van der Waals surface area contributed by atoms with Crippen LogP contribution < -0.4 is 10.1 Å². The Morgan fingerprint density at radius 2 is 1.92 bits per heavy atom. The van der Waals surface area contributed by atoms with Gasteiger partial charge in [0.15, 0.2) is 9.84 Å². The molecule has 0 saturated heterocycles. The van der Waals surface area contributed by atoms with Crippen molar-refractivity contribution < 1.29 is 17.9 Å². The highest BCUT2D eigenvalue weighted by molar-refractivity contribution is 7.91. The van der Waals surface area contributed by atoms with E-state index in [0.29, 0.717) is 17.0 Å². The number of rotatable bonds is 4. The third-order valence-electron chi connectivity index (χ3n) is 4.06. The second-order valence-electron chi connectivity index (χ2n) is 5.82. The van der Waals surface area contributed by atoms with E-state index in [1.165, 1.54) is 0 Å². The Balaban J connectivity index is 1.70. The van der Waals surface area contributed by atoms with Crippen LogP contribution >= 0.6 is 0 Å². The van der Waals surface area contributed by atoms with Crippen LogP contribution in [-0.2, 0) is 27.5 Å². The Morgan fingerprint density at radius 3 is 2.62 bits per heavy atom. The zero-order valence-corrected chi connectivity index (χ0v) is 14.2. The summed E-state index contributed by atoms with van der Waals surface area (Å²) in [6.45, 7) is 0. The van der Waals surface area contributed by atoms with Crippen molar-refractivity contribution in [2.45, 2.75) is 24.2 Å². The summed E-state index contributed by atoms with van der Waals surface area (Å²) in [7, 11) is -1.57. The SMILES string of the molecule is COc1ccc(CC(=O)Nc2ccc3c(c2)CCCS3(=O)=O)cc1. The molecule has 0 saturated carbocycles. The van der Waals surface area contributed by atoms with E-state index in [4.69, 9.17) is 4.74 Å². The van der Waals surface area contributed by atoms with Gasteiger partial charge < -0.3 is 10.1 Å². The number of carbonyl (C=O) groups is 1. The Kier molecular flexibility index (Phi) is 4.57. The molecule has 0 radical (unpaired) electrons.